The molecule has 0 amide bonds. The molecule has 30 heteroatoms. The molecule has 6 aromatic rings. The summed E-state index contributed by atoms with van der Waals surface area (Å²) in [5, 5.41) is 13.7. The SMILES string of the molecule is CC(C)n1nc(-c2cnc(N)c(C(F)(F)F)c2)cc1C1[C@H]2CC(OC3COC3)C[C@@H]12.Nc1ncc(-c2cc(C3[C@H]4CC(N5CCOCC5)C[C@@H]34)n(CC(F)F)n2)cc1C(F)(F)F.Nc1ncc(-c2cc(C3[C@H]4CC(N5CCOCC5)C[C@@H]34)n(CC3CC3)n2)cc1OC(F)(F)F. The van der Waals surface area contributed by atoms with Crippen LogP contribution >= 0.6 is 0 Å². The number of rotatable bonds is 16. The van der Waals surface area contributed by atoms with Gasteiger partial charge in [-0.15, -0.1) is 13.2 Å². The topological polar surface area (TPSA) is 223 Å². The summed E-state index contributed by atoms with van der Waals surface area (Å²) in [6.45, 7) is 12.7. The average Bonchev–Trinajstić information content (AvgIpc) is 1.57. The highest BCUT2D eigenvalue weighted by Gasteiger charge is 2.61. The number of aromatic nitrogens is 9. The monoisotopic (exact) mass is 1340 g/mol. The molecule has 12 atom stereocenters. The molecular weight excluding hydrogens is 1270 g/mol. The number of nitrogens with zero attached hydrogens (tertiary/aromatic N) is 11. The lowest BCUT2D eigenvalue weighted by Crippen LogP contribution is -2.43. The molecule has 95 heavy (non-hydrogen) atoms. The van der Waals surface area contributed by atoms with Crippen LogP contribution in [0.2, 0.25) is 0 Å². The number of anilines is 3. The van der Waals surface area contributed by atoms with Crippen LogP contribution in [0.1, 0.15) is 117 Å². The standard InChI is InChI=1S/C23H28F3N5O2.C21H24F5N5O.C21H25F3N4O2/c24-23(25,26)33-20-7-14(11-28-22(20)27)18-10-19(31(29-18)12-13-1-2-13)21-16-8-15(9-17(16)21)30-3-5-32-6-4-30;22-18(23)10-31-17(19-13-6-12(7-14(13)19)30-1-3-32-4-2-30)8-16(29-31)11-5-15(21(24,25)26)20(27)28-9-11;1-10(2)28-18(19-14-4-12(5-15(14)19)30-13-8-29-9-13)6-17(27-28)11-3-16(21(22,23)24)20(25)26-7-11/h7,10-11,13,15-17,21H,1-6,8-9,12H2,(H2,27,28);5,8-9,12-14,18-19H,1-4,6-7,10H2,(H2,27,28);3,6-7,10,12-15,19H,4-5,8-9H2,1-2H3,(H2,25,26)/t15?,16-,17+,21?;12?,13-,14+,19?;12?,14-,15+,19?. The molecule has 0 aromatic carbocycles. The Morgan fingerprint density at radius 3 is 1.40 bits per heavy atom. The summed E-state index contributed by atoms with van der Waals surface area (Å²) < 4.78 is 176. The lowest BCUT2D eigenvalue weighted by atomic mass is 10.0. The second kappa shape index (κ2) is 25.6. The van der Waals surface area contributed by atoms with Gasteiger partial charge in [0.15, 0.2) is 11.6 Å². The number of nitrogen functional groups attached to an aromatic ring is 3. The van der Waals surface area contributed by atoms with E-state index in [1.165, 1.54) is 60.7 Å². The van der Waals surface area contributed by atoms with Crippen molar-refractivity contribution in [3.8, 4) is 39.5 Å². The first-order valence-corrected chi connectivity index (χ1v) is 32.9. The number of hydrogen-bond acceptors (Lipinski definition) is 16. The largest absolute Gasteiger partial charge is 0.573 e. The molecule has 7 aliphatic carbocycles. The van der Waals surface area contributed by atoms with Crippen LogP contribution in [0.5, 0.6) is 5.75 Å². The summed E-state index contributed by atoms with van der Waals surface area (Å²) in [5.74, 6) is 2.89. The summed E-state index contributed by atoms with van der Waals surface area (Å²) in [6, 6.07) is 10.0. The maximum absolute atomic E-state index is 13.2. The van der Waals surface area contributed by atoms with Crippen molar-refractivity contribution in [1.82, 2.24) is 54.1 Å². The minimum absolute atomic E-state index is 0.108. The van der Waals surface area contributed by atoms with Crippen LogP contribution in [0.4, 0.5) is 65.7 Å². The van der Waals surface area contributed by atoms with E-state index in [0.29, 0.717) is 107 Å². The Kier molecular flexibility index (Phi) is 17.7. The summed E-state index contributed by atoms with van der Waals surface area (Å²) >= 11 is 0. The molecule has 9 heterocycles. The van der Waals surface area contributed by atoms with Gasteiger partial charge in [-0.25, -0.2) is 23.7 Å². The molecule has 3 aliphatic heterocycles. The van der Waals surface area contributed by atoms with Gasteiger partial charge >= 0.3 is 18.7 Å². The minimum atomic E-state index is -4.83. The minimum Gasteiger partial charge on any atom is -0.402 e. The van der Waals surface area contributed by atoms with Gasteiger partial charge in [-0.05, 0) is 143 Å². The summed E-state index contributed by atoms with van der Waals surface area (Å²) in [6.07, 6.45) is -3.27. The molecule has 0 spiro atoms. The van der Waals surface area contributed by atoms with Crippen molar-refractivity contribution in [2.45, 2.75) is 152 Å². The Morgan fingerprint density at radius 2 is 0.958 bits per heavy atom. The van der Waals surface area contributed by atoms with Gasteiger partial charge in [0.1, 0.15) is 24.3 Å². The first-order valence-electron chi connectivity index (χ1n) is 32.9. The van der Waals surface area contributed by atoms with Crippen molar-refractivity contribution in [3.05, 3.63) is 83.2 Å². The fourth-order valence-corrected chi connectivity index (χ4v) is 16.2. The highest BCUT2D eigenvalue weighted by molar-refractivity contribution is 5.66. The smallest absolute Gasteiger partial charge is 0.402 e. The Labute approximate surface area is 540 Å². The van der Waals surface area contributed by atoms with Crippen LogP contribution < -0.4 is 21.9 Å². The van der Waals surface area contributed by atoms with E-state index in [0.717, 1.165) is 103 Å². The Balaban J connectivity index is 0.000000123. The van der Waals surface area contributed by atoms with Gasteiger partial charge in [-0.2, -0.15) is 41.6 Å². The predicted octanol–water partition coefficient (Wildman–Crippen LogP) is 11.3. The fourth-order valence-electron chi connectivity index (χ4n) is 16.2. The summed E-state index contributed by atoms with van der Waals surface area (Å²) in [7, 11) is 0. The number of halogens is 11. The number of fused-ring (bicyclic) bond motifs is 3. The lowest BCUT2D eigenvalue weighted by molar-refractivity contribution is -0.274. The molecule has 3 saturated heterocycles. The molecule has 6 N–H and O–H groups in total. The molecule has 514 valence electrons. The van der Waals surface area contributed by atoms with Gasteiger partial charge < -0.3 is 40.9 Å². The van der Waals surface area contributed by atoms with E-state index >= 15 is 0 Å². The zero-order valence-corrected chi connectivity index (χ0v) is 52.4. The maximum atomic E-state index is 13.2. The van der Waals surface area contributed by atoms with E-state index in [1.807, 2.05) is 30.7 Å². The maximum Gasteiger partial charge on any atom is 0.573 e. The van der Waals surface area contributed by atoms with Crippen molar-refractivity contribution in [2.24, 2.45) is 41.4 Å². The number of morpholine rings is 2. The molecule has 6 unspecified atom stereocenters. The van der Waals surface area contributed by atoms with Gasteiger partial charge in [-0.3, -0.25) is 23.8 Å². The van der Waals surface area contributed by atoms with Crippen molar-refractivity contribution in [3.63, 3.8) is 0 Å². The van der Waals surface area contributed by atoms with Crippen molar-refractivity contribution >= 4 is 17.5 Å². The molecule has 10 aliphatic rings. The lowest BCUT2D eigenvalue weighted by Gasteiger charge is -2.33. The van der Waals surface area contributed by atoms with E-state index in [-0.39, 0.29) is 41.2 Å². The number of ether oxygens (including phenoxy) is 5. The molecule has 0 bridgehead atoms. The molecule has 10 fully saturated rings. The summed E-state index contributed by atoms with van der Waals surface area (Å²) in [5.41, 5.74) is 19.7. The third kappa shape index (κ3) is 14.1. The van der Waals surface area contributed by atoms with Gasteiger partial charge in [0.2, 0.25) is 0 Å². The normalized spacial score (nSPS) is 28.9. The van der Waals surface area contributed by atoms with Crippen molar-refractivity contribution in [2.75, 3.05) is 83.0 Å². The van der Waals surface area contributed by atoms with Gasteiger partial charge in [0, 0.05) is 121 Å². The number of pyridine rings is 3. The predicted molar refractivity (Wildman–Crippen MR) is 324 cm³/mol. The highest BCUT2D eigenvalue weighted by atomic mass is 19.4. The van der Waals surface area contributed by atoms with Crippen molar-refractivity contribution < 1.29 is 72.0 Å². The van der Waals surface area contributed by atoms with Crippen LogP contribution in [-0.2, 0) is 44.4 Å². The van der Waals surface area contributed by atoms with Gasteiger partial charge in [-0.1, -0.05) is 0 Å². The zero-order chi connectivity index (χ0) is 66.6. The van der Waals surface area contributed by atoms with Crippen LogP contribution in [0.25, 0.3) is 33.8 Å². The van der Waals surface area contributed by atoms with Crippen LogP contribution in [0.15, 0.2) is 55.0 Å². The first kappa shape index (κ1) is 65.6. The van der Waals surface area contributed by atoms with E-state index < -0.39 is 60.2 Å². The zero-order valence-electron chi connectivity index (χ0n) is 52.4. The van der Waals surface area contributed by atoms with Gasteiger partial charge in [0.25, 0.3) is 6.43 Å². The number of alkyl halides is 11. The van der Waals surface area contributed by atoms with E-state index in [4.69, 9.17) is 41.2 Å². The quantitative estimate of drug-likeness (QED) is 0.0767. The van der Waals surface area contributed by atoms with E-state index in [1.54, 1.807) is 6.07 Å². The van der Waals surface area contributed by atoms with E-state index in [9.17, 15) is 48.3 Å². The average molecular weight is 1340 g/mol. The van der Waals surface area contributed by atoms with Crippen LogP contribution in [0, 0.1) is 41.4 Å². The number of hydrogen-bond donors (Lipinski definition) is 3. The highest BCUT2D eigenvalue weighted by Crippen LogP contribution is 2.66. The molecule has 6 aromatic heterocycles. The molecule has 19 nitrogen and oxygen atoms in total. The number of nitrogens with two attached hydrogens (primary N) is 3. The van der Waals surface area contributed by atoms with Gasteiger partial charge in [0.05, 0.1) is 74.0 Å². The summed E-state index contributed by atoms with van der Waals surface area (Å²) in [4.78, 5) is 16.3. The molecular formula is C65H77F11N14O5. The molecule has 16 rings (SSSR count). The Hall–Kier alpha value is -6.73. The second-order valence-corrected chi connectivity index (χ2v) is 27.6. The Morgan fingerprint density at radius 1 is 0.526 bits per heavy atom. The second-order valence-electron chi connectivity index (χ2n) is 27.6. The van der Waals surface area contributed by atoms with Crippen LogP contribution in [0.3, 0.4) is 0 Å². The van der Waals surface area contributed by atoms with E-state index in [2.05, 4.69) is 44.4 Å². The molecule has 7 saturated carbocycles. The Bertz CT molecular complexity index is 3690. The first-order chi connectivity index (χ1) is 45.3. The van der Waals surface area contributed by atoms with Crippen LogP contribution in [-0.4, -0.2) is 157 Å². The van der Waals surface area contributed by atoms with Crippen molar-refractivity contribution in [1.29, 1.82) is 0 Å². The third-order valence-electron chi connectivity index (χ3n) is 21.1. The fraction of sp³-hybridized carbons (Fsp3) is 0.631. The molecule has 0 radical (unpaired) electrons. The third-order valence-corrected chi connectivity index (χ3v) is 21.1.